The third-order valence-corrected chi connectivity index (χ3v) is 9.56. The highest BCUT2D eigenvalue weighted by Crippen LogP contribution is 2.60. The van der Waals surface area contributed by atoms with Crippen molar-refractivity contribution >= 4 is 50.7 Å². The third kappa shape index (κ3) is 6.15. The summed E-state index contributed by atoms with van der Waals surface area (Å²) in [6.45, 7) is 9.34. The lowest BCUT2D eigenvalue weighted by Gasteiger charge is -2.37. The number of allylic oxidation sites excluding steroid dienone is 1. The molecular weight excluding hydrogens is 648 g/mol. The predicted molar refractivity (Wildman–Crippen MR) is 167 cm³/mol. The van der Waals surface area contributed by atoms with E-state index in [1.54, 1.807) is 23.8 Å². The number of hydrogen-bond donors (Lipinski definition) is 2. The van der Waals surface area contributed by atoms with Crippen molar-refractivity contribution in [1.82, 2.24) is 30.1 Å². The van der Waals surface area contributed by atoms with Crippen LogP contribution in [0.25, 0.3) is 11.0 Å². The van der Waals surface area contributed by atoms with E-state index < -0.39 is 41.7 Å². The molecule has 3 saturated heterocycles. The summed E-state index contributed by atoms with van der Waals surface area (Å²) in [4.78, 5) is 57.1. The summed E-state index contributed by atoms with van der Waals surface area (Å²) < 4.78 is 13.9. The van der Waals surface area contributed by atoms with Gasteiger partial charge in [-0.15, -0.1) is 18.3 Å². The van der Waals surface area contributed by atoms with E-state index in [2.05, 4.69) is 44.7 Å². The largest absolute Gasteiger partial charge is 0.460 e. The van der Waals surface area contributed by atoms with E-state index in [1.807, 2.05) is 24.3 Å². The first-order chi connectivity index (χ1) is 21.7. The monoisotopic (exact) mass is 686 g/mol. The van der Waals surface area contributed by atoms with Crippen LogP contribution in [0.2, 0.25) is 0 Å². The Morgan fingerprint density at radius 3 is 2.82 bits per heavy atom. The highest BCUT2D eigenvalue weighted by Gasteiger charge is 2.77. The standard InChI is InChI=1S/C31H39BrN6O7/c1-4-6-12-23(40)33-17-19(3)44-30(43)24-25-28(41)37(14-9-15-39)27(31(25)16-20(32)26(24)45-31)29(42)36(13-5-2)18-38-22-11-8-7-10-21(22)34-35-38/h4-5,7-8,10-11,19-20,24-27,39H,1-2,6,9,12-18H2,3H3,(H,33,40)/t19-,20?,24+,25-,26+,27+,31-/m0/s1. The van der Waals surface area contributed by atoms with Crippen molar-refractivity contribution in [2.24, 2.45) is 11.8 Å². The normalized spacial score (nSPS) is 27.3. The van der Waals surface area contributed by atoms with E-state index in [0.29, 0.717) is 18.4 Å². The molecule has 3 amide bonds. The van der Waals surface area contributed by atoms with Gasteiger partial charge < -0.3 is 29.7 Å². The zero-order valence-corrected chi connectivity index (χ0v) is 26.8. The summed E-state index contributed by atoms with van der Waals surface area (Å²) in [5.41, 5.74) is 0.120. The van der Waals surface area contributed by atoms with E-state index in [1.165, 1.54) is 9.80 Å². The number of nitrogens with one attached hydrogen (secondary N) is 1. The number of benzene rings is 1. The van der Waals surface area contributed by atoms with Gasteiger partial charge in [-0.1, -0.05) is 45.4 Å². The number of alkyl halides is 1. The maximum Gasteiger partial charge on any atom is 0.312 e. The molecule has 3 fully saturated rings. The maximum absolute atomic E-state index is 14.5. The van der Waals surface area contributed by atoms with Gasteiger partial charge >= 0.3 is 5.97 Å². The minimum absolute atomic E-state index is 0.0489. The summed E-state index contributed by atoms with van der Waals surface area (Å²) >= 11 is 3.66. The van der Waals surface area contributed by atoms with Gasteiger partial charge in [-0.3, -0.25) is 19.2 Å². The second kappa shape index (κ2) is 13.8. The van der Waals surface area contributed by atoms with Crippen LogP contribution in [0.3, 0.4) is 0 Å². The van der Waals surface area contributed by atoms with Crippen molar-refractivity contribution < 1.29 is 33.8 Å². The first kappa shape index (κ1) is 32.8. The number of amides is 3. The average molecular weight is 688 g/mol. The molecule has 1 spiro atoms. The van der Waals surface area contributed by atoms with Gasteiger partial charge in [0.15, 0.2) is 0 Å². The van der Waals surface area contributed by atoms with Gasteiger partial charge in [0.25, 0.3) is 0 Å². The summed E-state index contributed by atoms with van der Waals surface area (Å²) in [7, 11) is 0. The molecule has 0 aliphatic carbocycles. The lowest BCUT2D eigenvalue weighted by Crippen LogP contribution is -2.57. The van der Waals surface area contributed by atoms with E-state index >= 15 is 0 Å². The highest BCUT2D eigenvalue weighted by molar-refractivity contribution is 9.09. The molecule has 1 aromatic heterocycles. The molecule has 5 rings (SSSR count). The molecule has 1 aromatic carbocycles. The summed E-state index contributed by atoms with van der Waals surface area (Å²) in [5.74, 6) is -3.49. The number of aliphatic hydroxyl groups is 1. The fourth-order valence-corrected chi connectivity index (χ4v) is 7.73. The van der Waals surface area contributed by atoms with Crippen LogP contribution in [0.1, 0.15) is 32.6 Å². The molecule has 3 aliphatic heterocycles. The van der Waals surface area contributed by atoms with Crippen LogP contribution in [-0.2, 0) is 35.3 Å². The predicted octanol–water partition coefficient (Wildman–Crippen LogP) is 1.55. The number of carbonyl (C=O) groups excluding carboxylic acids is 4. The molecule has 2 N–H and O–H groups in total. The van der Waals surface area contributed by atoms with Crippen molar-refractivity contribution in [2.75, 3.05) is 26.2 Å². The van der Waals surface area contributed by atoms with Gasteiger partial charge in [0.05, 0.1) is 30.0 Å². The number of para-hydroxylation sites is 1. The lowest BCUT2D eigenvalue weighted by atomic mass is 9.70. The first-order valence-corrected chi connectivity index (χ1v) is 16.1. The molecular formula is C31H39BrN6O7. The van der Waals surface area contributed by atoms with Gasteiger partial charge in [-0.05, 0) is 38.3 Å². The number of aromatic nitrogens is 3. The number of aliphatic hydroxyl groups excluding tert-OH is 1. The highest BCUT2D eigenvalue weighted by atomic mass is 79.9. The Kier molecular flexibility index (Phi) is 10.0. The number of halogens is 1. The molecule has 4 heterocycles. The Labute approximate surface area is 269 Å². The SMILES string of the molecule is C=CCCC(=O)NC[C@H](C)OC(=O)[C@H]1[C@@H]2O[C@@]3(CC2Br)[C@@H]1C(=O)N(CCCO)[C@@H]3C(=O)N(CC=C)Cn1nnc2ccccc21. The van der Waals surface area contributed by atoms with E-state index in [-0.39, 0.29) is 68.3 Å². The van der Waals surface area contributed by atoms with Crippen LogP contribution in [0, 0.1) is 11.8 Å². The van der Waals surface area contributed by atoms with Crippen molar-refractivity contribution in [3.8, 4) is 0 Å². The molecule has 3 aliphatic rings. The summed E-state index contributed by atoms with van der Waals surface area (Å²) in [6, 6.07) is 6.33. The molecule has 242 valence electrons. The number of hydrogen-bond acceptors (Lipinski definition) is 9. The van der Waals surface area contributed by atoms with Crippen molar-refractivity contribution in [1.29, 1.82) is 0 Å². The Morgan fingerprint density at radius 2 is 2.09 bits per heavy atom. The van der Waals surface area contributed by atoms with Crippen molar-refractivity contribution in [3.63, 3.8) is 0 Å². The van der Waals surface area contributed by atoms with Crippen LogP contribution < -0.4 is 5.32 Å². The number of likely N-dealkylation sites (tertiary alicyclic amines) is 1. The number of fused-ring (bicyclic) bond motifs is 2. The number of ether oxygens (including phenoxy) is 2. The number of nitrogens with zero attached hydrogens (tertiary/aromatic N) is 5. The second-order valence-corrected chi connectivity index (χ2v) is 12.9. The average Bonchev–Trinajstić information content (AvgIpc) is 3.74. The van der Waals surface area contributed by atoms with Crippen LogP contribution in [0.4, 0.5) is 0 Å². The zero-order chi connectivity index (χ0) is 32.3. The van der Waals surface area contributed by atoms with Gasteiger partial charge in [0, 0.05) is 30.9 Å². The molecule has 1 unspecified atom stereocenters. The Balaban J connectivity index is 1.41. The molecule has 45 heavy (non-hydrogen) atoms. The van der Waals surface area contributed by atoms with Crippen LogP contribution >= 0.6 is 15.9 Å². The van der Waals surface area contributed by atoms with Crippen LogP contribution in [0.15, 0.2) is 49.6 Å². The molecule has 13 nitrogen and oxygen atoms in total. The number of esters is 1. The Morgan fingerprint density at radius 1 is 1.31 bits per heavy atom. The van der Waals surface area contributed by atoms with E-state index in [0.717, 1.165) is 5.52 Å². The van der Waals surface area contributed by atoms with Gasteiger partial charge in [-0.25, -0.2) is 4.68 Å². The molecule has 7 atom stereocenters. The Hall–Kier alpha value is -3.62. The summed E-state index contributed by atoms with van der Waals surface area (Å²) in [6.07, 6.45) is 3.28. The number of carbonyl (C=O) groups is 4. The maximum atomic E-state index is 14.5. The second-order valence-electron chi connectivity index (χ2n) is 11.7. The molecule has 0 saturated carbocycles. The fraction of sp³-hybridized carbons (Fsp3) is 0.548. The van der Waals surface area contributed by atoms with E-state index in [4.69, 9.17) is 9.47 Å². The lowest BCUT2D eigenvalue weighted by molar-refractivity contribution is -0.159. The molecule has 2 bridgehead atoms. The minimum atomic E-state index is -1.29. The Bertz CT molecular complexity index is 1470. The van der Waals surface area contributed by atoms with E-state index in [9.17, 15) is 24.3 Å². The molecule has 2 aromatic rings. The van der Waals surface area contributed by atoms with Crippen LogP contribution in [0.5, 0.6) is 0 Å². The number of rotatable bonds is 15. The first-order valence-electron chi connectivity index (χ1n) is 15.2. The summed E-state index contributed by atoms with van der Waals surface area (Å²) in [5, 5.41) is 20.8. The van der Waals surface area contributed by atoms with Gasteiger partial charge in [0.2, 0.25) is 17.7 Å². The van der Waals surface area contributed by atoms with Gasteiger partial charge in [0.1, 0.15) is 29.9 Å². The van der Waals surface area contributed by atoms with Gasteiger partial charge in [-0.2, -0.15) is 0 Å². The zero-order valence-electron chi connectivity index (χ0n) is 25.2. The fourth-order valence-electron chi connectivity index (χ4n) is 6.79. The van der Waals surface area contributed by atoms with Crippen LogP contribution in [-0.4, -0.2) is 109 Å². The minimum Gasteiger partial charge on any atom is -0.460 e. The van der Waals surface area contributed by atoms with Crippen molar-refractivity contribution in [3.05, 3.63) is 49.6 Å². The topological polar surface area (TPSA) is 156 Å². The molecule has 14 heteroatoms. The third-order valence-electron chi connectivity index (χ3n) is 8.72. The quantitative estimate of drug-likeness (QED) is 0.161. The smallest absolute Gasteiger partial charge is 0.312 e. The van der Waals surface area contributed by atoms with Crippen molar-refractivity contribution in [2.45, 2.75) is 68.0 Å². The molecule has 0 radical (unpaired) electrons.